The van der Waals surface area contributed by atoms with Gasteiger partial charge < -0.3 is 15.4 Å². The van der Waals surface area contributed by atoms with E-state index in [1.165, 1.54) is 11.3 Å². The summed E-state index contributed by atoms with van der Waals surface area (Å²) in [5, 5.41) is 1.84. The van der Waals surface area contributed by atoms with E-state index in [2.05, 4.69) is 0 Å². The predicted octanol–water partition coefficient (Wildman–Crippen LogP) is 2.54. The Morgan fingerprint density at radius 2 is 2.32 bits per heavy atom. The summed E-state index contributed by atoms with van der Waals surface area (Å²) in [4.78, 5) is 15.0. The summed E-state index contributed by atoms with van der Waals surface area (Å²) in [6.07, 6.45) is 0.816. The molecule has 1 aromatic heterocycles. The van der Waals surface area contributed by atoms with E-state index in [-0.39, 0.29) is 5.91 Å². The number of amides is 1. The van der Waals surface area contributed by atoms with Gasteiger partial charge in [0.1, 0.15) is 5.75 Å². The van der Waals surface area contributed by atoms with Crippen molar-refractivity contribution in [1.29, 1.82) is 0 Å². The number of hydrogen-bond donors (Lipinski definition) is 1. The smallest absolute Gasteiger partial charge is 0.268 e. The van der Waals surface area contributed by atoms with Crippen LogP contribution in [0.4, 0.5) is 11.4 Å². The van der Waals surface area contributed by atoms with Crippen LogP contribution in [0, 0.1) is 0 Å². The number of nitrogens with two attached hydrogens (primary N) is 1. The molecule has 2 N–H and O–H groups in total. The number of nitrogens with zero attached hydrogens (tertiary/aromatic N) is 1. The summed E-state index contributed by atoms with van der Waals surface area (Å²) in [6, 6.07) is 7.48. The Labute approximate surface area is 115 Å². The molecule has 0 fully saturated rings. The molecule has 0 unspecified atom stereocenters. The summed E-state index contributed by atoms with van der Waals surface area (Å²) in [5.74, 6) is 0.734. The van der Waals surface area contributed by atoms with Gasteiger partial charge in [0.2, 0.25) is 0 Å². The van der Waals surface area contributed by atoms with Crippen molar-refractivity contribution in [3.63, 3.8) is 0 Å². The first-order chi connectivity index (χ1) is 9.20. The molecule has 0 aliphatic carbocycles. The largest absolute Gasteiger partial charge is 0.496 e. The fraction of sp³-hybridized carbons (Fsp3) is 0.214. The van der Waals surface area contributed by atoms with E-state index in [4.69, 9.17) is 10.5 Å². The zero-order valence-corrected chi connectivity index (χ0v) is 11.4. The van der Waals surface area contributed by atoms with E-state index in [9.17, 15) is 4.79 Å². The highest BCUT2D eigenvalue weighted by molar-refractivity contribution is 7.12. The lowest BCUT2D eigenvalue weighted by molar-refractivity contribution is 0.0993. The van der Waals surface area contributed by atoms with Crippen LogP contribution in [-0.2, 0) is 6.42 Å². The number of thiophene rings is 1. The summed E-state index contributed by atoms with van der Waals surface area (Å²) in [6.45, 7) is 0.683. The average Bonchev–Trinajstić information content (AvgIpc) is 3.05. The van der Waals surface area contributed by atoms with Gasteiger partial charge in [0.25, 0.3) is 5.91 Å². The van der Waals surface area contributed by atoms with Gasteiger partial charge in [-0.3, -0.25) is 4.79 Å². The number of rotatable bonds is 2. The van der Waals surface area contributed by atoms with E-state index < -0.39 is 0 Å². The highest BCUT2D eigenvalue weighted by atomic mass is 32.1. The number of hydrogen-bond acceptors (Lipinski definition) is 4. The maximum Gasteiger partial charge on any atom is 0.268 e. The van der Waals surface area contributed by atoms with E-state index in [0.717, 1.165) is 29.1 Å². The average molecular weight is 274 g/mol. The van der Waals surface area contributed by atoms with Gasteiger partial charge in [-0.05, 0) is 18.6 Å². The van der Waals surface area contributed by atoms with Crippen LogP contribution in [0.5, 0.6) is 5.75 Å². The molecule has 0 bridgehead atoms. The van der Waals surface area contributed by atoms with Crippen molar-refractivity contribution in [3.8, 4) is 5.75 Å². The quantitative estimate of drug-likeness (QED) is 0.856. The first-order valence-corrected chi connectivity index (χ1v) is 6.90. The minimum absolute atomic E-state index is 0.0117. The van der Waals surface area contributed by atoms with Crippen molar-refractivity contribution in [3.05, 3.63) is 40.1 Å². The molecular formula is C14H14N2O2S. The summed E-state index contributed by atoms with van der Waals surface area (Å²) >= 11 is 1.40. The van der Waals surface area contributed by atoms with Gasteiger partial charge in [0.05, 0.1) is 12.0 Å². The maximum absolute atomic E-state index is 12.5. The molecule has 0 spiro atoms. The zero-order chi connectivity index (χ0) is 13.4. The standard InChI is InChI=1S/C14H14N2O2S/c1-18-9-7-13(19-8-9)14(17)16-6-5-10-11(15)3-2-4-12(10)16/h2-4,7-8H,5-6,15H2,1H3. The molecule has 2 heterocycles. The molecule has 0 saturated heterocycles. The van der Waals surface area contributed by atoms with Crippen molar-refractivity contribution >= 4 is 28.6 Å². The molecule has 1 aromatic carbocycles. The number of carbonyl (C=O) groups excluding carboxylic acids is 1. The molecule has 3 rings (SSSR count). The Morgan fingerprint density at radius 1 is 1.47 bits per heavy atom. The lowest BCUT2D eigenvalue weighted by Gasteiger charge is -2.16. The third-order valence-electron chi connectivity index (χ3n) is 3.33. The second-order valence-electron chi connectivity index (χ2n) is 4.40. The van der Waals surface area contributed by atoms with Crippen LogP contribution in [0.1, 0.15) is 15.2 Å². The third-order valence-corrected chi connectivity index (χ3v) is 4.23. The lowest BCUT2D eigenvalue weighted by Crippen LogP contribution is -2.28. The van der Waals surface area contributed by atoms with Crippen LogP contribution in [0.25, 0.3) is 0 Å². The first-order valence-electron chi connectivity index (χ1n) is 6.02. The Hall–Kier alpha value is -2.01. The fourth-order valence-corrected chi connectivity index (χ4v) is 3.15. The second kappa shape index (κ2) is 4.59. The van der Waals surface area contributed by atoms with Gasteiger partial charge in [0.15, 0.2) is 0 Å². The number of benzene rings is 1. The van der Waals surface area contributed by atoms with E-state index in [1.54, 1.807) is 18.1 Å². The van der Waals surface area contributed by atoms with Gasteiger partial charge in [-0.15, -0.1) is 11.3 Å². The van der Waals surface area contributed by atoms with Gasteiger partial charge in [0, 0.05) is 34.9 Å². The predicted molar refractivity (Wildman–Crippen MR) is 77.1 cm³/mol. The molecular weight excluding hydrogens is 260 g/mol. The molecule has 0 atom stereocenters. The van der Waals surface area contributed by atoms with Crippen LogP contribution in [-0.4, -0.2) is 19.6 Å². The normalized spacial score (nSPS) is 13.4. The summed E-state index contributed by atoms with van der Waals surface area (Å²) in [5.41, 5.74) is 8.70. The lowest BCUT2D eigenvalue weighted by atomic mass is 10.1. The van der Waals surface area contributed by atoms with Gasteiger partial charge >= 0.3 is 0 Å². The van der Waals surface area contributed by atoms with E-state index in [1.807, 2.05) is 23.6 Å². The number of ether oxygens (including phenoxy) is 1. The summed E-state index contributed by atoms with van der Waals surface area (Å²) < 4.78 is 5.12. The minimum Gasteiger partial charge on any atom is -0.496 e. The Kier molecular flexibility index (Phi) is 2.91. The SMILES string of the molecule is COc1csc(C(=O)N2CCc3c(N)cccc32)c1. The highest BCUT2D eigenvalue weighted by Gasteiger charge is 2.27. The molecule has 19 heavy (non-hydrogen) atoms. The molecule has 4 nitrogen and oxygen atoms in total. The van der Waals surface area contributed by atoms with Crippen LogP contribution in [0.2, 0.25) is 0 Å². The molecule has 0 radical (unpaired) electrons. The second-order valence-corrected chi connectivity index (χ2v) is 5.31. The number of fused-ring (bicyclic) bond motifs is 1. The molecule has 1 aliphatic heterocycles. The van der Waals surface area contributed by atoms with Crippen molar-refractivity contribution in [2.75, 3.05) is 24.3 Å². The molecule has 1 aliphatic rings. The molecule has 5 heteroatoms. The Bertz CT molecular complexity index is 636. The van der Waals surface area contributed by atoms with Crippen molar-refractivity contribution < 1.29 is 9.53 Å². The fourth-order valence-electron chi connectivity index (χ4n) is 2.34. The van der Waals surface area contributed by atoms with Crippen molar-refractivity contribution in [2.45, 2.75) is 6.42 Å². The molecule has 98 valence electrons. The van der Waals surface area contributed by atoms with Crippen LogP contribution < -0.4 is 15.4 Å². The van der Waals surface area contributed by atoms with Crippen LogP contribution in [0.3, 0.4) is 0 Å². The van der Waals surface area contributed by atoms with Crippen LogP contribution >= 0.6 is 11.3 Å². The molecule has 0 saturated carbocycles. The Balaban J connectivity index is 1.93. The van der Waals surface area contributed by atoms with E-state index in [0.29, 0.717) is 11.4 Å². The third kappa shape index (κ3) is 1.96. The van der Waals surface area contributed by atoms with Gasteiger partial charge in [-0.1, -0.05) is 6.07 Å². The molecule has 2 aromatic rings. The number of anilines is 2. The number of carbonyl (C=O) groups is 1. The summed E-state index contributed by atoms with van der Waals surface area (Å²) in [7, 11) is 1.60. The van der Waals surface area contributed by atoms with Crippen molar-refractivity contribution in [2.24, 2.45) is 0 Å². The zero-order valence-electron chi connectivity index (χ0n) is 10.6. The highest BCUT2D eigenvalue weighted by Crippen LogP contribution is 2.34. The monoisotopic (exact) mass is 274 g/mol. The van der Waals surface area contributed by atoms with Gasteiger partial charge in [-0.25, -0.2) is 0 Å². The minimum atomic E-state index is 0.0117. The van der Waals surface area contributed by atoms with E-state index >= 15 is 0 Å². The molecule has 1 amide bonds. The number of nitrogen functional groups attached to an aromatic ring is 1. The van der Waals surface area contributed by atoms with Crippen LogP contribution in [0.15, 0.2) is 29.6 Å². The Morgan fingerprint density at radius 3 is 3.05 bits per heavy atom. The first kappa shape index (κ1) is 12.0. The topological polar surface area (TPSA) is 55.6 Å². The maximum atomic E-state index is 12.5. The van der Waals surface area contributed by atoms with Crippen molar-refractivity contribution in [1.82, 2.24) is 0 Å². The van der Waals surface area contributed by atoms with Gasteiger partial charge in [-0.2, -0.15) is 0 Å². The number of methoxy groups -OCH3 is 1.